The highest BCUT2D eigenvalue weighted by Gasteiger charge is 2.36. The molecule has 0 saturated heterocycles. The minimum atomic E-state index is -4.37. The first-order valence-electron chi connectivity index (χ1n) is 6.39. The standard InChI is InChI=1S/C13H16F3NO2S/c1-2-20(18,19)17(12-7-8-12)9-10-3-5-11(6-4-10)13(14,15)16/h3-6,12H,2,7-9H2,1H3. The molecule has 1 aliphatic carbocycles. The van der Waals surface area contributed by atoms with E-state index in [1.54, 1.807) is 6.92 Å². The molecule has 0 atom stereocenters. The molecule has 0 unspecified atom stereocenters. The van der Waals surface area contributed by atoms with Crippen molar-refractivity contribution in [2.45, 2.75) is 38.5 Å². The van der Waals surface area contributed by atoms with Crippen LogP contribution in [-0.4, -0.2) is 24.5 Å². The van der Waals surface area contributed by atoms with Crippen molar-refractivity contribution in [3.8, 4) is 0 Å². The molecule has 0 heterocycles. The second kappa shape index (κ2) is 5.37. The van der Waals surface area contributed by atoms with Gasteiger partial charge in [0.25, 0.3) is 0 Å². The molecule has 2 rings (SSSR count). The predicted molar refractivity (Wildman–Crippen MR) is 69.5 cm³/mol. The van der Waals surface area contributed by atoms with Crippen LogP contribution in [0.3, 0.4) is 0 Å². The summed E-state index contributed by atoms with van der Waals surface area (Å²) in [5.41, 5.74) is -0.153. The van der Waals surface area contributed by atoms with Crippen molar-refractivity contribution < 1.29 is 21.6 Å². The number of nitrogens with zero attached hydrogens (tertiary/aromatic N) is 1. The fourth-order valence-corrected chi connectivity index (χ4v) is 3.30. The zero-order valence-electron chi connectivity index (χ0n) is 11.0. The summed E-state index contributed by atoms with van der Waals surface area (Å²) < 4.78 is 62.7. The van der Waals surface area contributed by atoms with E-state index in [1.165, 1.54) is 16.4 Å². The smallest absolute Gasteiger partial charge is 0.212 e. The summed E-state index contributed by atoms with van der Waals surface area (Å²) in [4.78, 5) is 0. The van der Waals surface area contributed by atoms with Crippen LogP contribution in [0, 0.1) is 0 Å². The second-order valence-electron chi connectivity index (χ2n) is 4.87. The molecule has 1 aliphatic rings. The number of rotatable bonds is 5. The first-order valence-corrected chi connectivity index (χ1v) is 8.00. The van der Waals surface area contributed by atoms with Gasteiger partial charge in [-0.3, -0.25) is 0 Å². The van der Waals surface area contributed by atoms with Gasteiger partial charge in [-0.15, -0.1) is 0 Å². The lowest BCUT2D eigenvalue weighted by atomic mass is 10.1. The Balaban J connectivity index is 2.16. The lowest BCUT2D eigenvalue weighted by molar-refractivity contribution is -0.137. The van der Waals surface area contributed by atoms with Crippen LogP contribution < -0.4 is 0 Å². The Morgan fingerprint density at radius 2 is 1.75 bits per heavy atom. The van der Waals surface area contributed by atoms with Gasteiger partial charge in [0, 0.05) is 12.6 Å². The molecule has 7 heteroatoms. The fourth-order valence-electron chi connectivity index (χ4n) is 1.96. The lowest BCUT2D eigenvalue weighted by Gasteiger charge is -2.21. The lowest BCUT2D eigenvalue weighted by Crippen LogP contribution is -2.33. The van der Waals surface area contributed by atoms with E-state index < -0.39 is 21.8 Å². The average molecular weight is 307 g/mol. The molecular weight excluding hydrogens is 291 g/mol. The second-order valence-corrected chi connectivity index (χ2v) is 7.08. The normalized spacial score (nSPS) is 16.6. The number of hydrogen-bond acceptors (Lipinski definition) is 2. The first-order chi connectivity index (χ1) is 9.24. The van der Waals surface area contributed by atoms with Crippen LogP contribution in [0.2, 0.25) is 0 Å². The Hall–Kier alpha value is -1.08. The van der Waals surface area contributed by atoms with E-state index in [2.05, 4.69) is 0 Å². The third-order valence-electron chi connectivity index (χ3n) is 3.30. The molecule has 1 saturated carbocycles. The fraction of sp³-hybridized carbons (Fsp3) is 0.538. The summed E-state index contributed by atoms with van der Waals surface area (Å²) in [6.07, 6.45) is -2.73. The van der Waals surface area contributed by atoms with E-state index in [0.29, 0.717) is 5.56 Å². The Bertz CT molecular complexity index is 562. The Morgan fingerprint density at radius 3 is 2.15 bits per heavy atom. The Morgan fingerprint density at radius 1 is 1.20 bits per heavy atom. The minimum absolute atomic E-state index is 0.00208. The van der Waals surface area contributed by atoms with Crippen LogP contribution in [0.1, 0.15) is 30.9 Å². The van der Waals surface area contributed by atoms with Crippen LogP contribution in [0.15, 0.2) is 24.3 Å². The Labute approximate surface area is 116 Å². The molecule has 0 amide bonds. The van der Waals surface area contributed by atoms with Crippen molar-refractivity contribution in [1.29, 1.82) is 0 Å². The van der Waals surface area contributed by atoms with Crippen molar-refractivity contribution in [3.05, 3.63) is 35.4 Å². The van der Waals surface area contributed by atoms with E-state index in [9.17, 15) is 21.6 Å². The molecule has 112 valence electrons. The summed E-state index contributed by atoms with van der Waals surface area (Å²) >= 11 is 0. The van der Waals surface area contributed by atoms with Gasteiger partial charge in [-0.1, -0.05) is 12.1 Å². The number of hydrogen-bond donors (Lipinski definition) is 0. The largest absolute Gasteiger partial charge is 0.416 e. The van der Waals surface area contributed by atoms with Crippen molar-refractivity contribution >= 4 is 10.0 Å². The van der Waals surface area contributed by atoms with E-state index in [-0.39, 0.29) is 18.3 Å². The number of alkyl halides is 3. The van der Waals surface area contributed by atoms with Crippen LogP contribution in [0.25, 0.3) is 0 Å². The summed E-state index contributed by atoms with van der Waals surface area (Å²) in [7, 11) is -3.32. The van der Waals surface area contributed by atoms with Crippen molar-refractivity contribution in [3.63, 3.8) is 0 Å². The molecular formula is C13H16F3NO2S. The van der Waals surface area contributed by atoms with Gasteiger partial charge >= 0.3 is 6.18 Å². The van der Waals surface area contributed by atoms with Gasteiger partial charge in [0.1, 0.15) is 0 Å². The quantitative estimate of drug-likeness (QED) is 0.838. The van der Waals surface area contributed by atoms with Crippen LogP contribution in [0.4, 0.5) is 13.2 Å². The van der Waals surface area contributed by atoms with E-state index in [1.807, 2.05) is 0 Å². The molecule has 1 fully saturated rings. The zero-order chi connectivity index (χ0) is 15.0. The molecule has 3 nitrogen and oxygen atoms in total. The van der Waals surface area contributed by atoms with Crippen molar-refractivity contribution in [1.82, 2.24) is 4.31 Å². The van der Waals surface area contributed by atoms with Gasteiger partial charge in [0.05, 0.1) is 11.3 Å². The van der Waals surface area contributed by atoms with Gasteiger partial charge in [0.2, 0.25) is 10.0 Å². The molecule has 1 aromatic carbocycles. The summed E-state index contributed by atoms with van der Waals surface area (Å²) in [5, 5.41) is 0. The molecule has 20 heavy (non-hydrogen) atoms. The topological polar surface area (TPSA) is 37.4 Å². The molecule has 0 radical (unpaired) electrons. The van der Waals surface area contributed by atoms with Gasteiger partial charge in [-0.05, 0) is 37.5 Å². The van der Waals surface area contributed by atoms with E-state index in [4.69, 9.17) is 0 Å². The van der Waals surface area contributed by atoms with Crippen molar-refractivity contribution in [2.24, 2.45) is 0 Å². The average Bonchev–Trinajstić information content (AvgIpc) is 3.19. The van der Waals surface area contributed by atoms with Crippen molar-refractivity contribution in [2.75, 3.05) is 5.75 Å². The third-order valence-corrected chi connectivity index (χ3v) is 5.17. The minimum Gasteiger partial charge on any atom is -0.212 e. The van der Waals surface area contributed by atoms with Crippen LogP contribution in [0.5, 0.6) is 0 Å². The molecule has 0 spiro atoms. The van der Waals surface area contributed by atoms with Gasteiger partial charge < -0.3 is 0 Å². The number of benzene rings is 1. The molecule has 0 N–H and O–H groups in total. The maximum absolute atomic E-state index is 12.5. The molecule has 0 bridgehead atoms. The van der Waals surface area contributed by atoms with Gasteiger partial charge in [0.15, 0.2) is 0 Å². The number of sulfonamides is 1. The zero-order valence-corrected chi connectivity index (χ0v) is 11.8. The molecule has 0 aliphatic heterocycles. The monoisotopic (exact) mass is 307 g/mol. The Kier molecular flexibility index (Phi) is 4.11. The predicted octanol–water partition coefficient (Wildman–Crippen LogP) is 3.02. The summed E-state index contributed by atoms with van der Waals surface area (Å²) in [6, 6.07) is 4.65. The molecule has 1 aromatic rings. The molecule has 0 aromatic heterocycles. The van der Waals surface area contributed by atoms with Gasteiger partial charge in [-0.2, -0.15) is 17.5 Å². The highest BCUT2D eigenvalue weighted by atomic mass is 32.2. The SMILES string of the molecule is CCS(=O)(=O)N(Cc1ccc(C(F)(F)F)cc1)C1CC1. The van der Waals surface area contributed by atoms with E-state index in [0.717, 1.165) is 25.0 Å². The maximum Gasteiger partial charge on any atom is 0.416 e. The van der Waals surface area contributed by atoms with Crippen LogP contribution in [-0.2, 0) is 22.7 Å². The maximum atomic E-state index is 12.5. The van der Waals surface area contributed by atoms with Crippen LogP contribution >= 0.6 is 0 Å². The summed E-state index contributed by atoms with van der Waals surface area (Å²) in [6.45, 7) is 1.70. The highest BCUT2D eigenvalue weighted by molar-refractivity contribution is 7.89. The highest BCUT2D eigenvalue weighted by Crippen LogP contribution is 2.32. The first kappa shape index (κ1) is 15.3. The third kappa shape index (κ3) is 3.52. The van der Waals surface area contributed by atoms with Gasteiger partial charge in [-0.25, -0.2) is 8.42 Å². The summed E-state index contributed by atoms with van der Waals surface area (Å²) in [5.74, 6) is 0.00410. The number of halogens is 3. The van der Waals surface area contributed by atoms with E-state index >= 15 is 0 Å².